The highest BCUT2D eigenvalue weighted by atomic mass is 79.9. The zero-order valence-electron chi connectivity index (χ0n) is 11.3. The van der Waals surface area contributed by atoms with Gasteiger partial charge in [0.1, 0.15) is 11.8 Å². The van der Waals surface area contributed by atoms with Gasteiger partial charge in [0.05, 0.1) is 12.1 Å². The highest BCUT2D eigenvalue weighted by Crippen LogP contribution is 2.34. The minimum absolute atomic E-state index is 0.417. The van der Waals surface area contributed by atoms with E-state index in [9.17, 15) is 4.79 Å². The number of primary amides is 1. The van der Waals surface area contributed by atoms with E-state index in [1.54, 1.807) is 18.2 Å². The molecule has 2 aromatic carbocycles. The van der Waals surface area contributed by atoms with Crippen molar-refractivity contribution in [3.05, 3.63) is 57.5 Å². The Labute approximate surface area is 136 Å². The Bertz CT molecular complexity index is 664. The Balaban J connectivity index is 2.43. The summed E-state index contributed by atoms with van der Waals surface area (Å²) in [6, 6.07) is 11.8. The lowest BCUT2D eigenvalue weighted by Crippen LogP contribution is -2.28. The molecule has 6 heteroatoms. The van der Waals surface area contributed by atoms with Crippen LogP contribution in [0.15, 0.2) is 46.9 Å². The third kappa shape index (κ3) is 3.68. The molecule has 2 rings (SSSR count). The van der Waals surface area contributed by atoms with Crippen molar-refractivity contribution >= 4 is 39.1 Å². The lowest BCUT2D eigenvalue weighted by Gasteiger charge is -2.20. The van der Waals surface area contributed by atoms with Gasteiger partial charge in [0.25, 0.3) is 0 Å². The van der Waals surface area contributed by atoms with Crippen molar-refractivity contribution in [2.75, 3.05) is 12.4 Å². The van der Waals surface area contributed by atoms with Gasteiger partial charge in [-0.2, -0.15) is 0 Å². The number of hydrogen-bond acceptors (Lipinski definition) is 3. The molecule has 4 nitrogen and oxygen atoms in total. The van der Waals surface area contributed by atoms with E-state index in [1.807, 2.05) is 24.3 Å². The summed E-state index contributed by atoms with van der Waals surface area (Å²) >= 11 is 9.59. The van der Waals surface area contributed by atoms with Crippen molar-refractivity contribution in [3.63, 3.8) is 0 Å². The molecule has 2 aromatic rings. The molecule has 0 aliphatic heterocycles. The minimum atomic E-state index is -0.789. The summed E-state index contributed by atoms with van der Waals surface area (Å²) in [6.45, 7) is 0. The average Bonchev–Trinajstić information content (AvgIpc) is 2.45. The van der Waals surface area contributed by atoms with Crippen LogP contribution >= 0.6 is 27.5 Å². The maximum atomic E-state index is 11.8. The van der Waals surface area contributed by atoms with Gasteiger partial charge in [0.15, 0.2) is 0 Å². The molecule has 3 N–H and O–H groups in total. The second kappa shape index (κ2) is 6.83. The number of carbonyl (C=O) groups excluding carboxylic acids is 1. The number of hydrogen-bond donors (Lipinski definition) is 2. The molecule has 0 saturated heterocycles. The zero-order chi connectivity index (χ0) is 15.4. The van der Waals surface area contributed by atoms with E-state index in [1.165, 1.54) is 7.11 Å². The predicted molar refractivity (Wildman–Crippen MR) is 87.7 cm³/mol. The third-order valence-corrected chi connectivity index (χ3v) is 3.76. The van der Waals surface area contributed by atoms with E-state index in [2.05, 4.69) is 21.2 Å². The van der Waals surface area contributed by atoms with Crippen LogP contribution in [-0.2, 0) is 4.79 Å². The van der Waals surface area contributed by atoms with E-state index in [-0.39, 0.29) is 0 Å². The van der Waals surface area contributed by atoms with Crippen LogP contribution in [0, 0.1) is 0 Å². The number of rotatable bonds is 5. The van der Waals surface area contributed by atoms with Gasteiger partial charge in [-0.3, -0.25) is 4.79 Å². The van der Waals surface area contributed by atoms with Gasteiger partial charge in [0, 0.05) is 15.7 Å². The maximum Gasteiger partial charge on any atom is 0.244 e. The van der Waals surface area contributed by atoms with Crippen molar-refractivity contribution in [3.8, 4) is 5.75 Å². The summed E-state index contributed by atoms with van der Waals surface area (Å²) in [5.74, 6) is -0.0322. The summed E-state index contributed by atoms with van der Waals surface area (Å²) in [7, 11) is 1.52. The number of halogens is 2. The first-order chi connectivity index (χ1) is 10.0. The van der Waals surface area contributed by atoms with Crippen LogP contribution in [0.4, 0.5) is 5.69 Å². The molecule has 21 heavy (non-hydrogen) atoms. The fourth-order valence-electron chi connectivity index (χ4n) is 2.01. The summed E-state index contributed by atoms with van der Waals surface area (Å²) < 4.78 is 6.17. The van der Waals surface area contributed by atoms with E-state index in [0.717, 1.165) is 10.2 Å². The van der Waals surface area contributed by atoms with E-state index in [4.69, 9.17) is 22.1 Å². The number of ether oxygens (including phenoxy) is 1. The summed E-state index contributed by atoms with van der Waals surface area (Å²) in [5, 5.41) is 3.50. The molecule has 1 amide bonds. The Morgan fingerprint density at radius 2 is 2.05 bits per heavy atom. The second-order valence-corrected chi connectivity index (χ2v) is 5.67. The number of methoxy groups -OCH3 is 1. The quantitative estimate of drug-likeness (QED) is 0.843. The number of amides is 1. The normalized spacial score (nSPS) is 11.8. The molecule has 0 aliphatic carbocycles. The first-order valence-electron chi connectivity index (χ1n) is 6.16. The number of nitrogens with one attached hydrogen (secondary N) is 1. The van der Waals surface area contributed by atoms with Crippen LogP contribution in [-0.4, -0.2) is 13.0 Å². The smallest absolute Gasteiger partial charge is 0.244 e. The van der Waals surface area contributed by atoms with Crippen molar-refractivity contribution < 1.29 is 9.53 Å². The summed E-state index contributed by atoms with van der Waals surface area (Å²) in [6.07, 6.45) is 0. The first-order valence-corrected chi connectivity index (χ1v) is 7.34. The lowest BCUT2D eigenvalue weighted by atomic mass is 10.0. The Hall–Kier alpha value is -1.72. The van der Waals surface area contributed by atoms with E-state index < -0.39 is 11.9 Å². The SMILES string of the molecule is COc1cccc(Cl)c1C(Nc1cccc(Br)c1)C(N)=O. The van der Waals surface area contributed by atoms with Gasteiger partial charge in [-0.05, 0) is 30.3 Å². The molecule has 0 aliphatic rings. The summed E-state index contributed by atoms with van der Waals surface area (Å²) in [5.41, 5.74) is 6.79. The monoisotopic (exact) mass is 368 g/mol. The molecule has 110 valence electrons. The average molecular weight is 370 g/mol. The number of anilines is 1. The standard InChI is InChI=1S/C15H14BrClN2O2/c1-21-12-7-3-6-11(17)13(12)14(15(18)20)19-10-5-2-4-9(16)8-10/h2-8,14,19H,1H3,(H2,18,20). The van der Waals surface area contributed by atoms with Crippen LogP contribution in [0.25, 0.3) is 0 Å². The summed E-state index contributed by atoms with van der Waals surface area (Å²) in [4.78, 5) is 11.8. The number of carbonyl (C=O) groups is 1. The highest BCUT2D eigenvalue weighted by molar-refractivity contribution is 9.10. The predicted octanol–water partition coefficient (Wildman–Crippen LogP) is 3.75. The molecule has 1 atom stereocenters. The fourth-order valence-corrected chi connectivity index (χ4v) is 2.68. The lowest BCUT2D eigenvalue weighted by molar-refractivity contribution is -0.118. The molecule has 1 unspecified atom stereocenters. The Kier molecular flexibility index (Phi) is 5.09. The van der Waals surface area contributed by atoms with Gasteiger partial charge < -0.3 is 15.8 Å². The van der Waals surface area contributed by atoms with Crippen LogP contribution in [0.1, 0.15) is 11.6 Å². The van der Waals surface area contributed by atoms with Crippen LogP contribution in [0.3, 0.4) is 0 Å². The molecule has 0 fully saturated rings. The van der Waals surface area contributed by atoms with Gasteiger partial charge >= 0.3 is 0 Å². The molecular weight excluding hydrogens is 356 g/mol. The van der Waals surface area contributed by atoms with Crippen molar-refractivity contribution in [1.82, 2.24) is 0 Å². The molecule has 0 heterocycles. The largest absolute Gasteiger partial charge is 0.496 e. The van der Waals surface area contributed by atoms with Crippen LogP contribution in [0.2, 0.25) is 5.02 Å². The van der Waals surface area contributed by atoms with E-state index in [0.29, 0.717) is 16.3 Å². The van der Waals surface area contributed by atoms with Gasteiger partial charge in [-0.25, -0.2) is 0 Å². The van der Waals surface area contributed by atoms with Crippen LogP contribution in [0.5, 0.6) is 5.75 Å². The highest BCUT2D eigenvalue weighted by Gasteiger charge is 2.24. The maximum absolute atomic E-state index is 11.8. The second-order valence-electron chi connectivity index (χ2n) is 4.35. The molecule has 0 aromatic heterocycles. The molecule has 0 bridgehead atoms. The third-order valence-electron chi connectivity index (χ3n) is 2.94. The van der Waals surface area contributed by atoms with Gasteiger partial charge in [-0.15, -0.1) is 0 Å². The Morgan fingerprint density at radius 3 is 2.67 bits per heavy atom. The van der Waals surface area contributed by atoms with Gasteiger partial charge in [-0.1, -0.05) is 39.7 Å². The Morgan fingerprint density at radius 1 is 1.33 bits per heavy atom. The first kappa shape index (κ1) is 15.7. The molecule has 0 spiro atoms. The van der Waals surface area contributed by atoms with Crippen molar-refractivity contribution in [2.24, 2.45) is 5.73 Å². The number of benzene rings is 2. The van der Waals surface area contributed by atoms with Crippen molar-refractivity contribution in [1.29, 1.82) is 0 Å². The number of nitrogens with two attached hydrogens (primary N) is 1. The molecular formula is C15H14BrClN2O2. The topological polar surface area (TPSA) is 64.3 Å². The van der Waals surface area contributed by atoms with Gasteiger partial charge in [0.2, 0.25) is 5.91 Å². The molecule has 0 saturated carbocycles. The zero-order valence-corrected chi connectivity index (χ0v) is 13.6. The van der Waals surface area contributed by atoms with Crippen LogP contribution < -0.4 is 15.8 Å². The minimum Gasteiger partial charge on any atom is -0.496 e. The fraction of sp³-hybridized carbons (Fsp3) is 0.133. The van der Waals surface area contributed by atoms with Crippen molar-refractivity contribution in [2.45, 2.75) is 6.04 Å². The molecule has 0 radical (unpaired) electrons. The van der Waals surface area contributed by atoms with E-state index >= 15 is 0 Å².